The van der Waals surface area contributed by atoms with E-state index < -0.39 is 0 Å². The molecule has 1 heteroatoms. The number of rotatable bonds is 3. The maximum absolute atomic E-state index is 2.30. The number of aryl methyl sites for hydroxylation is 1. The maximum atomic E-state index is 2.30. The van der Waals surface area contributed by atoms with E-state index in [0.717, 1.165) is 14.1 Å². The van der Waals surface area contributed by atoms with Crippen LogP contribution < -0.4 is 0 Å². The summed E-state index contributed by atoms with van der Waals surface area (Å²) in [5.74, 6) is 3.01. The van der Waals surface area contributed by atoms with Crippen molar-refractivity contribution in [2.75, 3.05) is 0 Å². The van der Waals surface area contributed by atoms with E-state index >= 15 is 0 Å². The molecule has 1 heterocycles. The van der Waals surface area contributed by atoms with Gasteiger partial charge in [-0.15, -0.1) is 8.19 Å². The van der Waals surface area contributed by atoms with E-state index in [2.05, 4.69) is 43.1 Å². The summed E-state index contributed by atoms with van der Waals surface area (Å²) in [6, 6.07) is 4.46. The summed E-state index contributed by atoms with van der Waals surface area (Å²) >= 11 is 0. The molecular weight excluding hydrogens is 187 g/mol. The van der Waals surface area contributed by atoms with Crippen LogP contribution >= 0.6 is 8.19 Å². The predicted molar refractivity (Wildman–Crippen MR) is 65.3 cm³/mol. The summed E-state index contributed by atoms with van der Waals surface area (Å²) in [7, 11) is 0.950. The first kappa shape index (κ1) is 9.80. The van der Waals surface area contributed by atoms with Gasteiger partial charge in [0.1, 0.15) is 0 Å². The Bertz CT molecular complexity index is 330. The smallest absolute Gasteiger partial charge is 0.0206 e. The highest BCUT2D eigenvalue weighted by atomic mass is 31.0. The molecule has 74 valence electrons. The lowest BCUT2D eigenvalue weighted by molar-refractivity contribution is 0.679. The Morgan fingerprint density at radius 3 is 3.07 bits per heavy atom. The largest absolute Gasteiger partial charge is 0.137 e. The highest BCUT2D eigenvalue weighted by Gasteiger charge is 2.06. The third-order valence-corrected chi connectivity index (χ3v) is 3.88. The van der Waals surface area contributed by atoms with Crippen molar-refractivity contribution < 1.29 is 0 Å². The van der Waals surface area contributed by atoms with Crippen molar-refractivity contribution in [1.82, 2.24) is 0 Å². The number of hydrogen-bond donors (Lipinski definition) is 0. The molecule has 1 aliphatic carbocycles. The summed E-state index contributed by atoms with van der Waals surface area (Å²) in [5, 5.41) is 1.62. The fraction of sp³-hybridized carbons (Fsp3) is 0.385. The van der Waals surface area contributed by atoms with Crippen LogP contribution in [0.1, 0.15) is 25.1 Å². The van der Waals surface area contributed by atoms with Crippen LogP contribution in [0.4, 0.5) is 0 Å². The molecule has 2 unspecified atom stereocenters. The molecule has 0 amide bonds. The van der Waals surface area contributed by atoms with E-state index in [-0.39, 0.29) is 0 Å². The van der Waals surface area contributed by atoms with Crippen molar-refractivity contribution in [3.8, 4) is 0 Å². The molecule has 0 fully saturated rings. The molecule has 0 nitrogen and oxygen atoms in total. The van der Waals surface area contributed by atoms with Gasteiger partial charge in [-0.2, -0.15) is 0 Å². The van der Waals surface area contributed by atoms with Gasteiger partial charge in [-0.25, -0.2) is 0 Å². The van der Waals surface area contributed by atoms with E-state index in [0.29, 0.717) is 0 Å². The van der Waals surface area contributed by atoms with Gasteiger partial charge in [0.05, 0.1) is 0 Å². The Labute approximate surface area is 87.8 Å². The second kappa shape index (κ2) is 4.66. The second-order valence-corrected chi connectivity index (χ2v) is 5.35. The molecule has 0 radical (unpaired) electrons. The van der Waals surface area contributed by atoms with Crippen LogP contribution in [0, 0.1) is 5.92 Å². The third-order valence-electron chi connectivity index (χ3n) is 2.73. The highest BCUT2D eigenvalue weighted by molar-refractivity contribution is 7.30. The Kier molecular flexibility index (Phi) is 3.26. The van der Waals surface area contributed by atoms with Gasteiger partial charge >= 0.3 is 0 Å². The summed E-state index contributed by atoms with van der Waals surface area (Å²) in [6.07, 6.45) is 10.6. The van der Waals surface area contributed by atoms with E-state index in [4.69, 9.17) is 0 Å². The van der Waals surface area contributed by atoms with Gasteiger partial charge in [0.2, 0.25) is 0 Å². The van der Waals surface area contributed by atoms with Crippen LogP contribution in [0.2, 0.25) is 0 Å². The van der Waals surface area contributed by atoms with E-state index in [1.165, 1.54) is 19.3 Å². The zero-order valence-electron chi connectivity index (χ0n) is 8.66. The van der Waals surface area contributed by atoms with Gasteiger partial charge in [0, 0.05) is 0 Å². The molecule has 14 heavy (non-hydrogen) atoms. The molecule has 0 bridgehead atoms. The fourth-order valence-corrected chi connectivity index (χ4v) is 2.80. The Morgan fingerprint density at radius 2 is 2.36 bits per heavy atom. The first-order chi connectivity index (χ1) is 6.84. The summed E-state index contributed by atoms with van der Waals surface area (Å²) in [6.45, 7) is 2.29. The van der Waals surface area contributed by atoms with E-state index in [1.54, 1.807) is 10.9 Å². The molecule has 2 rings (SSSR count). The molecule has 2 atom stereocenters. The summed E-state index contributed by atoms with van der Waals surface area (Å²) in [5.41, 5.74) is 1.62. The highest BCUT2D eigenvalue weighted by Crippen LogP contribution is 2.24. The van der Waals surface area contributed by atoms with Crippen molar-refractivity contribution in [1.29, 1.82) is 0 Å². The monoisotopic (exact) mass is 204 g/mol. The van der Waals surface area contributed by atoms with Crippen LogP contribution in [0.25, 0.3) is 0 Å². The van der Waals surface area contributed by atoms with Crippen molar-refractivity contribution in [3.05, 3.63) is 47.0 Å². The maximum Gasteiger partial charge on any atom is -0.0206 e. The average Bonchev–Trinajstić information content (AvgIpc) is 2.67. The van der Waals surface area contributed by atoms with E-state index in [9.17, 15) is 0 Å². The zero-order valence-corrected chi connectivity index (χ0v) is 9.66. The van der Waals surface area contributed by atoms with Crippen LogP contribution in [-0.4, -0.2) is 0 Å². The van der Waals surface area contributed by atoms with Gasteiger partial charge in [0.25, 0.3) is 0 Å². The topological polar surface area (TPSA) is 0 Å². The molecular formula is C13H17P. The molecule has 0 saturated carbocycles. The Balaban J connectivity index is 1.87. The number of allylic oxidation sites excluding steroid dienone is 4. The molecule has 0 N–H and O–H groups in total. The first-order valence-corrected chi connectivity index (χ1v) is 6.41. The lowest BCUT2D eigenvalue weighted by Crippen LogP contribution is -1.98. The average molecular weight is 204 g/mol. The molecule has 0 spiro atoms. The number of hydrogen-bond acceptors (Lipinski definition) is 0. The third kappa shape index (κ3) is 2.62. The van der Waals surface area contributed by atoms with Crippen molar-refractivity contribution in [2.24, 2.45) is 5.92 Å². The predicted octanol–water partition coefficient (Wildman–Crippen LogP) is 4.17. The van der Waals surface area contributed by atoms with Gasteiger partial charge in [0.15, 0.2) is 0 Å². The van der Waals surface area contributed by atoms with Crippen molar-refractivity contribution in [3.63, 3.8) is 0 Å². The minimum atomic E-state index is 0.744. The molecule has 0 aromatic carbocycles. The second-order valence-electron chi connectivity index (χ2n) is 4.09. The minimum Gasteiger partial charge on any atom is -0.137 e. The van der Waals surface area contributed by atoms with Crippen molar-refractivity contribution in [2.45, 2.75) is 26.2 Å². The first-order valence-electron chi connectivity index (χ1n) is 5.33. The van der Waals surface area contributed by atoms with Gasteiger partial charge in [-0.3, -0.25) is 0 Å². The molecule has 1 aromatic rings. The van der Waals surface area contributed by atoms with E-state index in [1.807, 2.05) is 0 Å². The SMILES string of the molecule is CC1C=CC=C(CCc2ccc[pH]2)C1. The van der Waals surface area contributed by atoms with Crippen LogP contribution in [-0.2, 0) is 6.42 Å². The lowest BCUT2D eigenvalue weighted by Gasteiger charge is -2.13. The van der Waals surface area contributed by atoms with Crippen molar-refractivity contribution >= 4 is 8.19 Å². The summed E-state index contributed by atoms with van der Waals surface area (Å²) in [4.78, 5) is 0. The Hall–Kier alpha value is -0.740. The molecule has 1 aromatic heterocycles. The zero-order chi connectivity index (χ0) is 9.80. The van der Waals surface area contributed by atoms with Gasteiger partial charge in [-0.05, 0) is 36.3 Å². The van der Waals surface area contributed by atoms with Crippen LogP contribution in [0.3, 0.4) is 0 Å². The standard InChI is InChI=1S/C13H17P/c1-11-4-2-5-12(10-11)7-8-13-6-3-9-14-13/h2-6,9,11,14H,7-8,10H2,1H3. The molecule has 1 aliphatic rings. The molecule has 0 saturated heterocycles. The fourth-order valence-electron chi connectivity index (χ4n) is 1.93. The van der Waals surface area contributed by atoms with Gasteiger partial charge in [-0.1, -0.05) is 42.9 Å². The quantitative estimate of drug-likeness (QED) is 0.693. The van der Waals surface area contributed by atoms with Crippen LogP contribution in [0.15, 0.2) is 41.7 Å². The molecule has 0 aliphatic heterocycles. The normalized spacial score (nSPS) is 21.5. The van der Waals surface area contributed by atoms with Crippen LogP contribution in [0.5, 0.6) is 0 Å². The minimum absolute atomic E-state index is 0.744. The van der Waals surface area contributed by atoms with Gasteiger partial charge < -0.3 is 0 Å². The Morgan fingerprint density at radius 1 is 1.43 bits per heavy atom. The summed E-state index contributed by atoms with van der Waals surface area (Å²) < 4.78 is 0. The lowest BCUT2D eigenvalue weighted by atomic mass is 9.93.